The van der Waals surface area contributed by atoms with Gasteiger partial charge in [0.1, 0.15) is 16.9 Å². The molecule has 1 saturated heterocycles. The van der Waals surface area contributed by atoms with Gasteiger partial charge in [-0.3, -0.25) is 4.79 Å². The van der Waals surface area contributed by atoms with Crippen LogP contribution in [0.5, 0.6) is 5.75 Å². The first-order valence-electron chi connectivity index (χ1n) is 8.00. The Morgan fingerprint density at radius 3 is 2.80 bits per heavy atom. The number of thioether (sulfide) groups is 1. The van der Waals surface area contributed by atoms with Crippen molar-refractivity contribution in [1.29, 1.82) is 0 Å². The summed E-state index contributed by atoms with van der Waals surface area (Å²) in [7, 11) is 1.66. The maximum Gasteiger partial charge on any atom is 0.234 e. The molecule has 0 unspecified atom stereocenters. The van der Waals surface area contributed by atoms with Gasteiger partial charge in [-0.1, -0.05) is 0 Å². The number of amides is 1. The Labute approximate surface area is 150 Å². The second kappa shape index (κ2) is 6.72. The summed E-state index contributed by atoms with van der Waals surface area (Å²) >= 11 is 1.65. The monoisotopic (exact) mass is 354 g/mol. The van der Waals surface area contributed by atoms with Crippen molar-refractivity contribution < 1.29 is 13.9 Å². The molecule has 1 aliphatic heterocycles. The van der Waals surface area contributed by atoms with E-state index in [2.05, 4.69) is 16.8 Å². The lowest BCUT2D eigenvalue weighted by molar-refractivity contribution is -0.128. The van der Waals surface area contributed by atoms with Gasteiger partial charge >= 0.3 is 0 Å². The van der Waals surface area contributed by atoms with Crippen LogP contribution in [0.3, 0.4) is 0 Å². The van der Waals surface area contributed by atoms with Gasteiger partial charge in [0.2, 0.25) is 5.91 Å². The van der Waals surface area contributed by atoms with Gasteiger partial charge in [0.25, 0.3) is 0 Å². The highest BCUT2D eigenvalue weighted by Gasteiger charge is 2.33. The SMILES string of the molecule is COc1ccc(-n2ccc([C@@H]3SCC(=O)N3Cc3ccco3)c2)cc1. The van der Waals surface area contributed by atoms with E-state index in [9.17, 15) is 4.79 Å². The highest BCUT2D eigenvalue weighted by molar-refractivity contribution is 8.00. The van der Waals surface area contributed by atoms with Crippen LogP contribution in [0.25, 0.3) is 5.69 Å². The Hall–Kier alpha value is -2.60. The molecular weight excluding hydrogens is 336 g/mol. The summed E-state index contributed by atoms with van der Waals surface area (Å²) < 4.78 is 12.7. The first-order valence-corrected chi connectivity index (χ1v) is 9.05. The fraction of sp³-hybridized carbons (Fsp3) is 0.211. The zero-order valence-electron chi connectivity index (χ0n) is 13.8. The third-order valence-corrected chi connectivity index (χ3v) is 5.50. The molecule has 1 atom stereocenters. The van der Waals surface area contributed by atoms with E-state index in [0.717, 1.165) is 22.8 Å². The molecule has 0 aliphatic carbocycles. The van der Waals surface area contributed by atoms with Crippen LogP contribution in [-0.2, 0) is 11.3 Å². The van der Waals surface area contributed by atoms with E-state index in [1.165, 1.54) is 0 Å². The minimum absolute atomic E-state index is 0.0112. The lowest BCUT2D eigenvalue weighted by Crippen LogP contribution is -2.27. The van der Waals surface area contributed by atoms with Gasteiger partial charge in [-0.25, -0.2) is 0 Å². The first kappa shape index (κ1) is 15.9. The number of methoxy groups -OCH3 is 1. The van der Waals surface area contributed by atoms with Gasteiger partial charge in [-0.15, -0.1) is 11.8 Å². The van der Waals surface area contributed by atoms with Gasteiger partial charge < -0.3 is 18.6 Å². The largest absolute Gasteiger partial charge is 0.497 e. The summed E-state index contributed by atoms with van der Waals surface area (Å²) in [6.45, 7) is 0.497. The summed E-state index contributed by atoms with van der Waals surface area (Å²) in [5.41, 5.74) is 2.16. The fourth-order valence-electron chi connectivity index (χ4n) is 2.95. The number of hydrogen-bond donors (Lipinski definition) is 0. The number of benzene rings is 1. The molecule has 1 aromatic carbocycles. The van der Waals surface area contributed by atoms with Crippen molar-refractivity contribution in [1.82, 2.24) is 9.47 Å². The highest BCUT2D eigenvalue weighted by Crippen LogP contribution is 2.40. The Balaban J connectivity index is 1.56. The Kier molecular flexibility index (Phi) is 4.28. The number of carbonyl (C=O) groups is 1. The number of furan rings is 1. The summed E-state index contributed by atoms with van der Waals surface area (Å²) in [6, 6.07) is 13.7. The Morgan fingerprint density at radius 2 is 2.08 bits per heavy atom. The van der Waals surface area contributed by atoms with Crippen molar-refractivity contribution in [3.63, 3.8) is 0 Å². The number of ether oxygens (including phenoxy) is 1. The zero-order chi connectivity index (χ0) is 17.2. The second-order valence-electron chi connectivity index (χ2n) is 5.81. The average Bonchev–Trinajstić information content (AvgIpc) is 3.38. The van der Waals surface area contributed by atoms with E-state index in [0.29, 0.717) is 12.3 Å². The molecule has 0 spiro atoms. The molecule has 4 rings (SSSR count). The second-order valence-corrected chi connectivity index (χ2v) is 6.88. The number of nitrogens with zero attached hydrogens (tertiary/aromatic N) is 2. The summed E-state index contributed by atoms with van der Waals surface area (Å²) in [6.07, 6.45) is 5.73. The number of aromatic nitrogens is 1. The molecule has 2 aromatic heterocycles. The Morgan fingerprint density at radius 1 is 1.24 bits per heavy atom. The number of rotatable bonds is 5. The molecule has 3 heterocycles. The first-order chi connectivity index (χ1) is 12.2. The molecule has 128 valence electrons. The maximum absolute atomic E-state index is 12.3. The van der Waals surface area contributed by atoms with Crippen molar-refractivity contribution in [3.05, 3.63) is 72.4 Å². The lowest BCUT2D eigenvalue weighted by Gasteiger charge is -2.22. The van der Waals surface area contributed by atoms with Crippen LogP contribution >= 0.6 is 11.8 Å². The van der Waals surface area contributed by atoms with Crippen molar-refractivity contribution in [2.24, 2.45) is 0 Å². The van der Waals surface area contributed by atoms with Crippen LogP contribution in [-0.4, -0.2) is 28.2 Å². The van der Waals surface area contributed by atoms with Crippen LogP contribution in [0, 0.1) is 0 Å². The molecule has 0 N–H and O–H groups in total. The van der Waals surface area contributed by atoms with Gasteiger partial charge in [0, 0.05) is 23.6 Å². The third-order valence-electron chi connectivity index (χ3n) is 4.25. The summed E-state index contributed by atoms with van der Waals surface area (Å²) in [4.78, 5) is 14.1. The molecule has 1 aliphatic rings. The number of carbonyl (C=O) groups excluding carboxylic acids is 1. The van der Waals surface area contributed by atoms with Gasteiger partial charge in [-0.05, 0) is 42.5 Å². The van der Waals surface area contributed by atoms with Crippen LogP contribution in [0.15, 0.2) is 65.5 Å². The van der Waals surface area contributed by atoms with E-state index in [1.54, 1.807) is 25.1 Å². The van der Waals surface area contributed by atoms with Gasteiger partial charge in [0.05, 0.1) is 25.7 Å². The molecule has 1 fully saturated rings. The van der Waals surface area contributed by atoms with Crippen molar-refractivity contribution in [2.45, 2.75) is 11.9 Å². The predicted molar refractivity (Wildman–Crippen MR) is 96.8 cm³/mol. The van der Waals surface area contributed by atoms with E-state index < -0.39 is 0 Å². The summed E-state index contributed by atoms with van der Waals surface area (Å²) in [5, 5.41) is 0.0112. The normalized spacial score (nSPS) is 17.2. The van der Waals surface area contributed by atoms with Crippen LogP contribution in [0.1, 0.15) is 16.7 Å². The molecule has 0 bridgehead atoms. The van der Waals surface area contributed by atoms with Gasteiger partial charge in [0.15, 0.2) is 0 Å². The summed E-state index contributed by atoms with van der Waals surface area (Å²) in [5.74, 6) is 2.27. The van der Waals surface area contributed by atoms with E-state index >= 15 is 0 Å². The molecule has 1 amide bonds. The number of hydrogen-bond acceptors (Lipinski definition) is 4. The van der Waals surface area contributed by atoms with Crippen molar-refractivity contribution in [3.8, 4) is 11.4 Å². The molecule has 6 heteroatoms. The van der Waals surface area contributed by atoms with E-state index in [4.69, 9.17) is 9.15 Å². The van der Waals surface area contributed by atoms with Crippen LogP contribution in [0.4, 0.5) is 0 Å². The standard InChI is InChI=1S/C19H18N2O3S/c1-23-16-6-4-15(5-7-16)20-9-8-14(11-20)19-21(18(22)13-25-19)12-17-3-2-10-24-17/h2-11,19H,12-13H2,1H3/t19-/m0/s1. The molecule has 3 aromatic rings. The fourth-order valence-corrected chi connectivity index (χ4v) is 4.12. The molecular formula is C19H18N2O3S. The van der Waals surface area contributed by atoms with E-state index in [-0.39, 0.29) is 11.3 Å². The lowest BCUT2D eigenvalue weighted by atomic mass is 10.3. The minimum atomic E-state index is 0.0112. The Bertz CT molecular complexity index is 855. The molecule has 0 saturated carbocycles. The zero-order valence-corrected chi connectivity index (χ0v) is 14.6. The molecule has 0 radical (unpaired) electrons. The quantitative estimate of drug-likeness (QED) is 0.698. The average molecular weight is 354 g/mol. The maximum atomic E-state index is 12.3. The topological polar surface area (TPSA) is 47.6 Å². The predicted octanol–water partition coefficient (Wildman–Crippen LogP) is 3.85. The minimum Gasteiger partial charge on any atom is -0.497 e. The smallest absolute Gasteiger partial charge is 0.234 e. The van der Waals surface area contributed by atoms with Crippen molar-refractivity contribution >= 4 is 17.7 Å². The van der Waals surface area contributed by atoms with Gasteiger partial charge in [-0.2, -0.15) is 0 Å². The third kappa shape index (κ3) is 3.17. The highest BCUT2D eigenvalue weighted by atomic mass is 32.2. The van der Waals surface area contributed by atoms with Crippen LogP contribution in [0.2, 0.25) is 0 Å². The van der Waals surface area contributed by atoms with Crippen molar-refractivity contribution in [2.75, 3.05) is 12.9 Å². The molecule has 5 nitrogen and oxygen atoms in total. The van der Waals surface area contributed by atoms with E-state index in [1.807, 2.05) is 47.5 Å². The van der Waals surface area contributed by atoms with Crippen LogP contribution < -0.4 is 4.74 Å². The molecule has 25 heavy (non-hydrogen) atoms.